The zero-order chi connectivity index (χ0) is 13.8. The number of H-pyrrole nitrogens is 1. The van der Waals surface area contributed by atoms with Crippen molar-refractivity contribution in [3.05, 3.63) is 46.3 Å². The molecule has 19 heavy (non-hydrogen) atoms. The molecule has 0 aliphatic heterocycles. The highest BCUT2D eigenvalue weighted by Crippen LogP contribution is 2.23. The lowest BCUT2D eigenvalue weighted by atomic mass is 10.1. The highest BCUT2D eigenvalue weighted by Gasteiger charge is 2.12. The fourth-order valence-corrected chi connectivity index (χ4v) is 1.77. The van der Waals surface area contributed by atoms with E-state index in [1.807, 2.05) is 0 Å². The summed E-state index contributed by atoms with van der Waals surface area (Å²) in [5, 5.41) is 9.84. The quantitative estimate of drug-likeness (QED) is 0.772. The molecule has 0 unspecified atom stereocenters. The van der Waals surface area contributed by atoms with Crippen molar-refractivity contribution in [2.24, 2.45) is 5.73 Å². The second-order valence-corrected chi connectivity index (χ2v) is 4.11. The Balaban J connectivity index is 2.42. The summed E-state index contributed by atoms with van der Waals surface area (Å²) in [6.45, 7) is 0.476. The fourth-order valence-electron chi connectivity index (χ4n) is 1.77. The Morgan fingerprint density at radius 1 is 1.32 bits per heavy atom. The number of rotatable bonds is 4. The molecule has 1 heterocycles. The summed E-state index contributed by atoms with van der Waals surface area (Å²) in [6.07, 6.45) is 1.15. The highest BCUT2D eigenvalue weighted by molar-refractivity contribution is 5.66. The Morgan fingerprint density at radius 2 is 2.00 bits per heavy atom. The van der Waals surface area contributed by atoms with Crippen LogP contribution in [0.1, 0.15) is 12.2 Å². The number of aromatic nitrogens is 2. The Kier molecular flexibility index (Phi) is 3.91. The maximum Gasteiger partial charge on any atom is 0.262 e. The third-order valence-electron chi connectivity index (χ3n) is 2.70. The van der Waals surface area contributed by atoms with Crippen LogP contribution in [0.3, 0.4) is 0 Å². The van der Waals surface area contributed by atoms with E-state index in [0.717, 1.165) is 0 Å². The molecule has 0 saturated heterocycles. The van der Waals surface area contributed by atoms with E-state index >= 15 is 0 Å². The maximum atomic E-state index is 12.8. The number of aromatic amines is 1. The van der Waals surface area contributed by atoms with E-state index < -0.39 is 11.4 Å². The van der Waals surface area contributed by atoms with Gasteiger partial charge in [-0.25, -0.2) is 4.39 Å². The first-order valence-corrected chi connectivity index (χ1v) is 5.90. The van der Waals surface area contributed by atoms with Crippen LogP contribution in [0.5, 0.6) is 5.88 Å². The zero-order valence-corrected chi connectivity index (χ0v) is 10.2. The van der Waals surface area contributed by atoms with Gasteiger partial charge in [-0.2, -0.15) is 4.98 Å². The number of aryl methyl sites for hydroxylation is 1. The summed E-state index contributed by atoms with van der Waals surface area (Å²) in [5.41, 5.74) is 5.37. The van der Waals surface area contributed by atoms with Crippen molar-refractivity contribution in [2.45, 2.75) is 12.8 Å². The van der Waals surface area contributed by atoms with E-state index in [-0.39, 0.29) is 11.4 Å². The minimum atomic E-state index is -0.453. The van der Waals surface area contributed by atoms with E-state index in [0.29, 0.717) is 30.8 Å². The van der Waals surface area contributed by atoms with E-state index in [4.69, 9.17) is 5.73 Å². The third kappa shape index (κ3) is 2.97. The molecule has 4 N–H and O–H groups in total. The standard InChI is InChI=1S/C13H14FN3O2/c14-9-5-3-8(4-6-9)11-12(18)16-10(2-1-7-15)17-13(11)19/h3-6H,1-2,7,15H2,(H2,16,17,18,19). The minimum absolute atomic E-state index is 0.0384. The van der Waals surface area contributed by atoms with Crippen LogP contribution in [0, 0.1) is 5.82 Å². The number of aromatic hydroxyl groups is 1. The van der Waals surface area contributed by atoms with Crippen molar-refractivity contribution in [1.82, 2.24) is 9.97 Å². The van der Waals surface area contributed by atoms with Crippen LogP contribution in [-0.4, -0.2) is 21.6 Å². The first kappa shape index (κ1) is 13.2. The van der Waals surface area contributed by atoms with Crippen LogP contribution in [0.25, 0.3) is 11.1 Å². The summed E-state index contributed by atoms with van der Waals surface area (Å²) >= 11 is 0. The molecule has 2 rings (SSSR count). The molecule has 1 aromatic carbocycles. The van der Waals surface area contributed by atoms with Crippen LogP contribution in [0.2, 0.25) is 0 Å². The molecule has 1 aromatic heterocycles. The van der Waals surface area contributed by atoms with Gasteiger partial charge in [0.15, 0.2) is 0 Å². The monoisotopic (exact) mass is 263 g/mol. The average molecular weight is 263 g/mol. The molecule has 0 spiro atoms. The van der Waals surface area contributed by atoms with E-state index in [2.05, 4.69) is 9.97 Å². The van der Waals surface area contributed by atoms with Gasteiger partial charge in [0.2, 0.25) is 5.88 Å². The lowest BCUT2D eigenvalue weighted by Gasteiger charge is -2.05. The average Bonchev–Trinajstić information content (AvgIpc) is 2.38. The molecule has 0 fully saturated rings. The molecule has 5 nitrogen and oxygen atoms in total. The number of nitrogens with one attached hydrogen (secondary N) is 1. The van der Waals surface area contributed by atoms with Crippen molar-refractivity contribution < 1.29 is 9.50 Å². The van der Waals surface area contributed by atoms with E-state index in [1.165, 1.54) is 24.3 Å². The smallest absolute Gasteiger partial charge is 0.262 e. The molecule has 0 aliphatic rings. The summed E-state index contributed by atoms with van der Waals surface area (Å²) < 4.78 is 12.8. The fraction of sp³-hybridized carbons (Fsp3) is 0.231. The van der Waals surface area contributed by atoms with Gasteiger partial charge in [-0.15, -0.1) is 0 Å². The molecule has 0 bridgehead atoms. The molecule has 6 heteroatoms. The molecule has 0 aliphatic carbocycles. The lowest BCUT2D eigenvalue weighted by molar-refractivity contribution is 0.449. The molecule has 100 valence electrons. The van der Waals surface area contributed by atoms with Crippen LogP contribution in [0.4, 0.5) is 4.39 Å². The molecule has 0 radical (unpaired) electrons. The Bertz CT molecular complexity index is 623. The lowest BCUT2D eigenvalue weighted by Crippen LogP contribution is -2.15. The van der Waals surface area contributed by atoms with Gasteiger partial charge in [0.05, 0.1) is 0 Å². The highest BCUT2D eigenvalue weighted by atomic mass is 19.1. The van der Waals surface area contributed by atoms with Gasteiger partial charge in [-0.05, 0) is 30.7 Å². The van der Waals surface area contributed by atoms with Crippen LogP contribution in [0.15, 0.2) is 29.1 Å². The summed E-state index contributed by atoms with van der Waals surface area (Å²) in [4.78, 5) is 18.4. The summed E-state index contributed by atoms with van der Waals surface area (Å²) in [7, 11) is 0. The van der Waals surface area contributed by atoms with Crippen LogP contribution >= 0.6 is 0 Å². The van der Waals surface area contributed by atoms with Gasteiger partial charge >= 0.3 is 0 Å². The van der Waals surface area contributed by atoms with Crippen molar-refractivity contribution in [3.8, 4) is 17.0 Å². The predicted molar refractivity (Wildman–Crippen MR) is 69.3 cm³/mol. The molecular formula is C13H14FN3O2. The van der Waals surface area contributed by atoms with Crippen molar-refractivity contribution in [2.75, 3.05) is 6.54 Å². The molecule has 0 amide bonds. The van der Waals surface area contributed by atoms with Crippen molar-refractivity contribution >= 4 is 0 Å². The van der Waals surface area contributed by atoms with Gasteiger partial charge in [0.1, 0.15) is 17.2 Å². The number of hydrogen-bond donors (Lipinski definition) is 3. The van der Waals surface area contributed by atoms with Crippen molar-refractivity contribution in [1.29, 1.82) is 0 Å². The van der Waals surface area contributed by atoms with Crippen LogP contribution in [-0.2, 0) is 6.42 Å². The number of benzene rings is 1. The normalized spacial score (nSPS) is 10.6. The van der Waals surface area contributed by atoms with E-state index in [9.17, 15) is 14.3 Å². The number of nitrogens with zero attached hydrogens (tertiary/aromatic N) is 1. The molecule has 2 aromatic rings. The van der Waals surface area contributed by atoms with Crippen LogP contribution < -0.4 is 11.3 Å². The number of hydrogen-bond acceptors (Lipinski definition) is 4. The second kappa shape index (κ2) is 5.62. The molecule has 0 saturated carbocycles. The maximum absolute atomic E-state index is 12.8. The van der Waals surface area contributed by atoms with Crippen molar-refractivity contribution in [3.63, 3.8) is 0 Å². The Labute approximate surface area is 108 Å². The zero-order valence-electron chi connectivity index (χ0n) is 10.2. The second-order valence-electron chi connectivity index (χ2n) is 4.11. The van der Waals surface area contributed by atoms with Gasteiger partial charge < -0.3 is 15.8 Å². The number of halogens is 1. The summed E-state index contributed by atoms with van der Waals surface area (Å²) in [6, 6.07) is 5.27. The minimum Gasteiger partial charge on any atom is -0.493 e. The molecule has 0 atom stereocenters. The Morgan fingerprint density at radius 3 is 2.58 bits per heavy atom. The topological polar surface area (TPSA) is 92.0 Å². The van der Waals surface area contributed by atoms with Gasteiger partial charge in [-0.1, -0.05) is 12.1 Å². The predicted octanol–water partition coefficient (Wildman–Crippen LogP) is 1.17. The van der Waals surface area contributed by atoms with Gasteiger partial charge in [0, 0.05) is 6.42 Å². The first-order chi connectivity index (χ1) is 9.11. The van der Waals surface area contributed by atoms with E-state index in [1.54, 1.807) is 0 Å². The number of nitrogens with two attached hydrogens (primary N) is 1. The van der Waals surface area contributed by atoms with Gasteiger partial charge in [0.25, 0.3) is 5.56 Å². The first-order valence-electron chi connectivity index (χ1n) is 5.90. The van der Waals surface area contributed by atoms with Gasteiger partial charge in [-0.3, -0.25) is 4.79 Å². The summed E-state index contributed by atoms with van der Waals surface area (Å²) in [5.74, 6) is -0.381. The third-order valence-corrected chi connectivity index (χ3v) is 2.70. The largest absolute Gasteiger partial charge is 0.493 e. The Hall–Kier alpha value is -2.21. The SMILES string of the molecule is NCCCc1nc(O)c(-c2ccc(F)cc2)c(=O)[nH]1. The molecular weight excluding hydrogens is 249 g/mol.